The molecule has 6 heteroatoms. The van der Waals surface area contributed by atoms with Gasteiger partial charge in [-0.05, 0) is 24.3 Å². The molecule has 0 spiro atoms. The van der Waals surface area contributed by atoms with Crippen LogP contribution in [0, 0.1) is 0 Å². The standard InChI is InChI=1S/C8H10N2O3S/c1-6(11)10-14(12,13)8-4-2-7(9)3-5-8/h2-5H,9H2,1H3,(H,10,11)/p+1. The average molecular weight is 215 g/mol. The molecule has 0 heterocycles. The minimum atomic E-state index is -3.61. The second-order valence-electron chi connectivity index (χ2n) is 2.84. The lowest BCUT2D eigenvalue weighted by molar-refractivity contribution is -0.410. The Morgan fingerprint density at radius 3 is 2.21 bits per heavy atom. The van der Waals surface area contributed by atoms with Gasteiger partial charge in [0.1, 0.15) is 4.90 Å². The van der Waals surface area contributed by atoms with E-state index in [0.29, 0.717) is 10.4 Å². The summed E-state index contributed by atoms with van der Waals surface area (Å²) in [4.78, 5) is 10.7. The number of nitrogen functional groups attached to an aromatic ring is 1. The van der Waals surface area contributed by atoms with E-state index in [1.165, 1.54) is 31.2 Å². The molecule has 1 rings (SSSR count). The summed E-state index contributed by atoms with van der Waals surface area (Å²) in [6, 6.07) is 5.68. The smallest absolute Gasteiger partial charge is 0.331 e. The van der Waals surface area contributed by atoms with Crippen LogP contribution in [0.5, 0.6) is 0 Å². The Hall–Kier alpha value is -1.40. The number of benzene rings is 1. The summed E-state index contributed by atoms with van der Waals surface area (Å²) in [5, 5.41) is 0. The van der Waals surface area contributed by atoms with E-state index >= 15 is 0 Å². The van der Waals surface area contributed by atoms with Gasteiger partial charge in [0.05, 0.1) is 6.92 Å². The molecule has 1 aromatic rings. The fraction of sp³-hybridized carbons (Fsp3) is 0.125. The third-order valence-corrected chi connectivity index (χ3v) is 3.10. The van der Waals surface area contributed by atoms with Crippen LogP contribution in [0.2, 0.25) is 0 Å². The van der Waals surface area contributed by atoms with E-state index in [2.05, 4.69) is 0 Å². The number of amides is 1. The zero-order valence-corrected chi connectivity index (χ0v) is 8.41. The molecule has 5 nitrogen and oxygen atoms in total. The van der Waals surface area contributed by atoms with E-state index in [1.54, 1.807) is 0 Å². The second kappa shape index (κ2) is 3.77. The average Bonchev–Trinajstić information content (AvgIpc) is 2.02. The number of carbonyl (C=O) groups is 1. The summed E-state index contributed by atoms with van der Waals surface area (Å²) in [6.45, 7) is 1.19. The van der Waals surface area contributed by atoms with Crippen molar-refractivity contribution in [2.75, 3.05) is 5.73 Å². The van der Waals surface area contributed by atoms with E-state index in [1.807, 2.05) is 0 Å². The summed E-state index contributed by atoms with van der Waals surface area (Å²) >= 11 is 0. The van der Waals surface area contributed by atoms with Gasteiger partial charge in [0.25, 0.3) is 0 Å². The largest absolute Gasteiger partial charge is 0.399 e. The number of carbonyl (C=O) groups excluding carboxylic acids is 1. The molecule has 0 aliphatic carbocycles. The number of quaternary nitrogens is 1. The molecule has 0 saturated carbocycles. The quantitative estimate of drug-likeness (QED) is 0.623. The van der Waals surface area contributed by atoms with Gasteiger partial charge < -0.3 is 5.73 Å². The number of primary sulfonamides is 1. The number of sulfonamides is 1. The number of rotatable bonds is 2. The predicted molar refractivity (Wildman–Crippen MR) is 50.6 cm³/mol. The van der Waals surface area contributed by atoms with Crippen molar-refractivity contribution in [3.8, 4) is 0 Å². The van der Waals surface area contributed by atoms with Crippen LogP contribution >= 0.6 is 0 Å². The molecule has 0 unspecified atom stereocenters. The van der Waals surface area contributed by atoms with Gasteiger partial charge >= 0.3 is 15.9 Å². The fourth-order valence-corrected chi connectivity index (χ4v) is 2.03. The van der Waals surface area contributed by atoms with Crippen molar-refractivity contribution < 1.29 is 17.9 Å². The fourth-order valence-electron chi connectivity index (χ4n) is 0.944. The number of hydrogen-bond acceptors (Lipinski definition) is 4. The SMILES string of the molecule is CC(=O)[NH2+]S(=O)(=O)c1ccc(N)cc1. The molecule has 14 heavy (non-hydrogen) atoms. The summed E-state index contributed by atoms with van der Waals surface area (Å²) < 4.78 is 23.6. The Morgan fingerprint density at radius 2 is 1.79 bits per heavy atom. The zero-order chi connectivity index (χ0) is 10.8. The number of anilines is 1. The van der Waals surface area contributed by atoms with Gasteiger partial charge in [-0.2, -0.15) is 13.1 Å². The van der Waals surface area contributed by atoms with Crippen LogP contribution in [0.15, 0.2) is 29.2 Å². The molecule has 1 aromatic carbocycles. The van der Waals surface area contributed by atoms with Crippen molar-refractivity contribution in [2.24, 2.45) is 0 Å². The van der Waals surface area contributed by atoms with Crippen molar-refractivity contribution in [1.29, 1.82) is 0 Å². The molecule has 76 valence electrons. The summed E-state index contributed by atoms with van der Waals surface area (Å²) in [6.07, 6.45) is 0. The van der Waals surface area contributed by atoms with Crippen LogP contribution in [-0.2, 0) is 14.8 Å². The van der Waals surface area contributed by atoms with Gasteiger partial charge in [-0.1, -0.05) is 0 Å². The number of primary amides is 1. The van der Waals surface area contributed by atoms with Crippen LogP contribution in [-0.4, -0.2) is 14.3 Å². The van der Waals surface area contributed by atoms with Gasteiger partial charge in [-0.3, -0.25) is 0 Å². The summed E-state index contributed by atoms with van der Waals surface area (Å²) in [5.74, 6) is -0.498. The van der Waals surface area contributed by atoms with Crippen LogP contribution in [0.25, 0.3) is 0 Å². The van der Waals surface area contributed by atoms with Crippen molar-refractivity contribution in [3.05, 3.63) is 24.3 Å². The first-order valence-electron chi connectivity index (χ1n) is 3.88. The highest BCUT2D eigenvalue weighted by Gasteiger charge is 2.19. The molecule has 0 fully saturated rings. The predicted octanol–water partition coefficient (Wildman–Crippen LogP) is -0.933. The lowest BCUT2D eigenvalue weighted by Crippen LogP contribution is -2.90. The van der Waals surface area contributed by atoms with Gasteiger partial charge in [0.2, 0.25) is 0 Å². The molecule has 0 saturated heterocycles. The number of nitrogens with two attached hydrogens (primary N) is 2. The van der Waals surface area contributed by atoms with Crippen molar-refractivity contribution >= 4 is 21.6 Å². The Labute approximate surface area is 82.0 Å². The van der Waals surface area contributed by atoms with Crippen molar-refractivity contribution in [3.63, 3.8) is 0 Å². The first-order chi connectivity index (χ1) is 6.42. The van der Waals surface area contributed by atoms with Gasteiger partial charge in [0, 0.05) is 5.69 Å². The molecule has 1 amide bonds. The molecule has 0 aliphatic heterocycles. The van der Waals surface area contributed by atoms with Gasteiger partial charge in [-0.15, -0.1) is 0 Å². The topological polar surface area (TPSA) is 93.8 Å². The lowest BCUT2D eigenvalue weighted by atomic mass is 10.3. The summed E-state index contributed by atoms with van der Waals surface area (Å²) in [5.41, 5.74) is 5.88. The molecular weight excluding hydrogens is 204 g/mol. The normalized spacial score (nSPS) is 11.2. The molecular formula is C8H11N2O3S+. The molecule has 0 atom stereocenters. The Bertz CT molecular complexity index is 436. The first kappa shape index (κ1) is 10.7. The maximum atomic E-state index is 11.4. The Kier molecular flexibility index (Phi) is 2.87. The number of hydrogen-bond donors (Lipinski definition) is 2. The van der Waals surface area contributed by atoms with Crippen LogP contribution in [0.3, 0.4) is 0 Å². The maximum Gasteiger partial charge on any atom is 0.331 e. The van der Waals surface area contributed by atoms with Gasteiger partial charge in [0.15, 0.2) is 0 Å². The van der Waals surface area contributed by atoms with Crippen LogP contribution in [0.4, 0.5) is 5.69 Å². The van der Waals surface area contributed by atoms with E-state index in [4.69, 9.17) is 5.73 Å². The van der Waals surface area contributed by atoms with Crippen molar-refractivity contribution in [2.45, 2.75) is 11.8 Å². The molecule has 0 aliphatic rings. The first-order valence-corrected chi connectivity index (χ1v) is 5.42. The Balaban J connectivity index is 3.05. The van der Waals surface area contributed by atoms with Crippen LogP contribution < -0.4 is 10.5 Å². The highest BCUT2D eigenvalue weighted by atomic mass is 32.2. The van der Waals surface area contributed by atoms with Crippen LogP contribution in [0.1, 0.15) is 6.92 Å². The summed E-state index contributed by atoms with van der Waals surface area (Å²) in [7, 11) is -3.61. The third-order valence-electron chi connectivity index (χ3n) is 1.53. The molecule has 0 bridgehead atoms. The monoisotopic (exact) mass is 215 g/mol. The minimum Gasteiger partial charge on any atom is -0.399 e. The molecule has 0 radical (unpaired) electrons. The van der Waals surface area contributed by atoms with E-state index in [-0.39, 0.29) is 4.90 Å². The Morgan fingerprint density at radius 1 is 1.29 bits per heavy atom. The zero-order valence-electron chi connectivity index (χ0n) is 7.60. The van der Waals surface area contributed by atoms with E-state index < -0.39 is 15.9 Å². The lowest BCUT2D eigenvalue weighted by Gasteiger charge is -1.99. The van der Waals surface area contributed by atoms with Crippen molar-refractivity contribution in [1.82, 2.24) is 0 Å². The maximum absolute atomic E-state index is 11.4. The highest BCUT2D eigenvalue weighted by molar-refractivity contribution is 7.85. The van der Waals surface area contributed by atoms with E-state index in [0.717, 1.165) is 0 Å². The minimum absolute atomic E-state index is 0.0712. The third kappa shape index (κ3) is 2.54. The van der Waals surface area contributed by atoms with Gasteiger partial charge in [-0.25, -0.2) is 4.79 Å². The molecule has 4 N–H and O–H groups in total. The second-order valence-corrected chi connectivity index (χ2v) is 4.64. The van der Waals surface area contributed by atoms with E-state index in [9.17, 15) is 13.2 Å². The molecule has 0 aromatic heterocycles. The highest BCUT2D eigenvalue weighted by Crippen LogP contribution is 2.08.